The Balaban J connectivity index is 0.00000240. The van der Waals surface area contributed by atoms with Crippen molar-refractivity contribution >= 4 is 12.4 Å². The van der Waals surface area contributed by atoms with Gasteiger partial charge in [-0.3, -0.25) is 0 Å². The zero-order valence-corrected chi connectivity index (χ0v) is 18.8. The van der Waals surface area contributed by atoms with Gasteiger partial charge < -0.3 is 9.64 Å². The molecule has 0 heterocycles. The smallest absolute Gasteiger partial charge is 0.119 e. The van der Waals surface area contributed by atoms with Crippen molar-refractivity contribution in [2.24, 2.45) is 5.92 Å². The average molecular weight is 414 g/mol. The van der Waals surface area contributed by atoms with E-state index in [-0.39, 0.29) is 12.4 Å². The number of fused-ring (bicyclic) bond motifs is 3. The quantitative estimate of drug-likeness (QED) is 0.517. The monoisotopic (exact) mass is 413 g/mol. The fraction of sp³-hybridized carbons (Fsp3) is 0.538. The van der Waals surface area contributed by atoms with E-state index < -0.39 is 0 Å². The van der Waals surface area contributed by atoms with Gasteiger partial charge in [0.05, 0.1) is 0 Å². The molecule has 3 atom stereocenters. The zero-order chi connectivity index (χ0) is 19.3. The van der Waals surface area contributed by atoms with E-state index in [2.05, 4.69) is 67.3 Å². The van der Waals surface area contributed by atoms with Gasteiger partial charge in [-0.25, -0.2) is 0 Å². The molecule has 0 aliphatic heterocycles. The van der Waals surface area contributed by atoms with Crippen molar-refractivity contribution in [2.45, 2.75) is 57.8 Å². The molecule has 1 saturated carbocycles. The summed E-state index contributed by atoms with van der Waals surface area (Å²) in [5.41, 5.74) is 4.69. The van der Waals surface area contributed by atoms with Gasteiger partial charge >= 0.3 is 0 Å². The van der Waals surface area contributed by atoms with E-state index in [0.29, 0.717) is 0 Å². The SMILES string of the molecule is CCN(CC)CCOc1ccc2c(c1)CC[C@@H]1[C@@H]2CCC[C@H]1c1ccccc1.Cl. The Bertz CT molecular complexity index is 759. The second kappa shape index (κ2) is 10.5. The first kappa shape index (κ1) is 22.2. The third-order valence-corrected chi connectivity index (χ3v) is 7.12. The number of ether oxygens (including phenoxy) is 1. The number of hydrogen-bond donors (Lipinski definition) is 0. The van der Waals surface area contributed by atoms with Crippen molar-refractivity contribution in [3.05, 3.63) is 65.2 Å². The normalized spacial score (nSPS) is 23.1. The van der Waals surface area contributed by atoms with E-state index in [0.717, 1.165) is 49.7 Å². The highest BCUT2D eigenvalue weighted by molar-refractivity contribution is 5.85. The van der Waals surface area contributed by atoms with Crippen molar-refractivity contribution in [3.63, 3.8) is 0 Å². The molecule has 0 N–H and O–H groups in total. The summed E-state index contributed by atoms with van der Waals surface area (Å²) < 4.78 is 6.09. The molecule has 4 rings (SSSR count). The number of aryl methyl sites for hydroxylation is 1. The van der Waals surface area contributed by atoms with Crippen LogP contribution in [0.4, 0.5) is 0 Å². The van der Waals surface area contributed by atoms with Gasteiger partial charge in [-0.15, -0.1) is 12.4 Å². The number of benzene rings is 2. The molecule has 2 aromatic carbocycles. The largest absolute Gasteiger partial charge is 0.492 e. The van der Waals surface area contributed by atoms with E-state index in [9.17, 15) is 0 Å². The van der Waals surface area contributed by atoms with Gasteiger partial charge in [0, 0.05) is 6.54 Å². The second-order valence-electron chi connectivity index (χ2n) is 8.49. The van der Waals surface area contributed by atoms with Crippen LogP contribution in [0.5, 0.6) is 5.75 Å². The van der Waals surface area contributed by atoms with Crippen molar-refractivity contribution < 1.29 is 4.74 Å². The Kier molecular flexibility index (Phi) is 8.03. The molecule has 3 heteroatoms. The van der Waals surface area contributed by atoms with Gasteiger partial charge in [0.25, 0.3) is 0 Å². The summed E-state index contributed by atoms with van der Waals surface area (Å²) in [4.78, 5) is 2.41. The topological polar surface area (TPSA) is 12.5 Å². The first-order chi connectivity index (χ1) is 13.8. The van der Waals surface area contributed by atoms with Gasteiger partial charge in [0.1, 0.15) is 12.4 Å². The number of nitrogens with zero attached hydrogens (tertiary/aromatic N) is 1. The number of halogens is 1. The fourth-order valence-electron chi connectivity index (χ4n) is 5.57. The summed E-state index contributed by atoms with van der Waals surface area (Å²) in [6.07, 6.45) is 6.58. The molecule has 0 saturated heterocycles. The van der Waals surface area contributed by atoms with E-state index in [1.165, 1.54) is 37.7 Å². The third-order valence-electron chi connectivity index (χ3n) is 7.12. The molecular weight excluding hydrogens is 378 g/mol. The van der Waals surface area contributed by atoms with Gasteiger partial charge in [-0.1, -0.05) is 56.7 Å². The van der Waals surface area contributed by atoms with Gasteiger partial charge in [-0.05, 0) is 85.3 Å². The molecule has 2 aromatic rings. The summed E-state index contributed by atoms with van der Waals surface area (Å²) in [6, 6.07) is 18.2. The molecule has 2 nitrogen and oxygen atoms in total. The van der Waals surface area contributed by atoms with E-state index in [1.807, 2.05) is 0 Å². The lowest BCUT2D eigenvalue weighted by Crippen LogP contribution is -2.30. The van der Waals surface area contributed by atoms with Crippen LogP contribution < -0.4 is 4.74 Å². The average Bonchev–Trinajstić information content (AvgIpc) is 2.76. The second-order valence-corrected chi connectivity index (χ2v) is 8.49. The molecule has 1 fully saturated rings. The Hall–Kier alpha value is -1.51. The Morgan fingerprint density at radius 1 is 0.931 bits per heavy atom. The molecule has 0 aromatic heterocycles. The van der Waals surface area contributed by atoms with Gasteiger partial charge in [0.2, 0.25) is 0 Å². The highest BCUT2D eigenvalue weighted by Gasteiger charge is 2.38. The van der Waals surface area contributed by atoms with Crippen molar-refractivity contribution in [3.8, 4) is 5.75 Å². The maximum atomic E-state index is 6.09. The summed E-state index contributed by atoms with van der Waals surface area (Å²) >= 11 is 0. The number of likely N-dealkylation sites (N-methyl/N-ethyl adjacent to an activating group) is 1. The van der Waals surface area contributed by atoms with Crippen LogP contribution in [0, 0.1) is 5.92 Å². The van der Waals surface area contributed by atoms with Crippen molar-refractivity contribution in [1.29, 1.82) is 0 Å². The Labute approximate surface area is 183 Å². The lowest BCUT2D eigenvalue weighted by atomic mass is 9.62. The molecule has 0 unspecified atom stereocenters. The van der Waals surface area contributed by atoms with Crippen LogP contribution in [0.25, 0.3) is 0 Å². The van der Waals surface area contributed by atoms with Crippen LogP contribution in [-0.2, 0) is 6.42 Å². The lowest BCUT2D eigenvalue weighted by Gasteiger charge is -2.43. The first-order valence-corrected chi connectivity index (χ1v) is 11.3. The maximum Gasteiger partial charge on any atom is 0.119 e. The minimum absolute atomic E-state index is 0. The van der Waals surface area contributed by atoms with Gasteiger partial charge in [-0.2, -0.15) is 0 Å². The van der Waals surface area contributed by atoms with E-state index in [1.54, 1.807) is 11.1 Å². The molecular formula is C26H36ClNO. The van der Waals surface area contributed by atoms with Gasteiger partial charge in [0.15, 0.2) is 0 Å². The Morgan fingerprint density at radius 3 is 2.45 bits per heavy atom. The van der Waals surface area contributed by atoms with Crippen LogP contribution in [0.2, 0.25) is 0 Å². The van der Waals surface area contributed by atoms with Crippen LogP contribution in [0.1, 0.15) is 68.1 Å². The van der Waals surface area contributed by atoms with Crippen LogP contribution in [0.3, 0.4) is 0 Å². The van der Waals surface area contributed by atoms with Crippen molar-refractivity contribution in [1.82, 2.24) is 4.90 Å². The summed E-state index contributed by atoms with van der Waals surface area (Å²) in [5.74, 6) is 3.32. The van der Waals surface area contributed by atoms with Crippen LogP contribution in [-0.4, -0.2) is 31.1 Å². The van der Waals surface area contributed by atoms with Crippen molar-refractivity contribution in [2.75, 3.05) is 26.2 Å². The maximum absolute atomic E-state index is 6.09. The lowest BCUT2D eigenvalue weighted by molar-refractivity contribution is 0.221. The third kappa shape index (κ3) is 4.98. The molecule has 0 radical (unpaired) electrons. The molecule has 2 aliphatic carbocycles. The standard InChI is InChI=1S/C26H35NO.ClH/c1-3-27(4-2)17-18-28-22-14-16-24-21(19-22)13-15-26-23(11-8-12-25(24)26)20-9-6-5-7-10-20;/h5-7,9-10,14,16,19,23,25-26H,3-4,8,11-13,15,17-18H2,1-2H3;1H/t23-,25+,26-;/m0./s1. The molecule has 0 amide bonds. The summed E-state index contributed by atoms with van der Waals surface area (Å²) in [5, 5.41) is 0. The number of rotatable bonds is 7. The molecule has 2 aliphatic rings. The molecule has 0 bridgehead atoms. The number of hydrogen-bond acceptors (Lipinski definition) is 2. The highest BCUT2D eigenvalue weighted by Crippen LogP contribution is 2.51. The highest BCUT2D eigenvalue weighted by atomic mass is 35.5. The van der Waals surface area contributed by atoms with E-state index in [4.69, 9.17) is 4.74 Å². The minimum atomic E-state index is 0. The Morgan fingerprint density at radius 2 is 1.69 bits per heavy atom. The van der Waals surface area contributed by atoms with Crippen LogP contribution >= 0.6 is 12.4 Å². The molecule has 29 heavy (non-hydrogen) atoms. The first-order valence-electron chi connectivity index (χ1n) is 11.3. The van der Waals surface area contributed by atoms with E-state index >= 15 is 0 Å². The summed E-state index contributed by atoms with van der Waals surface area (Å²) in [7, 11) is 0. The minimum Gasteiger partial charge on any atom is -0.492 e. The fourth-order valence-corrected chi connectivity index (χ4v) is 5.57. The molecule has 158 valence electrons. The predicted octanol–water partition coefficient (Wildman–Crippen LogP) is 6.44. The predicted molar refractivity (Wildman–Crippen MR) is 125 cm³/mol. The van der Waals surface area contributed by atoms with Crippen LogP contribution in [0.15, 0.2) is 48.5 Å². The zero-order valence-electron chi connectivity index (χ0n) is 18.0. The summed E-state index contributed by atoms with van der Waals surface area (Å²) in [6.45, 7) is 8.40. The molecule has 0 spiro atoms.